The lowest BCUT2D eigenvalue weighted by molar-refractivity contribution is 0.102. The molecule has 124 valence electrons. The lowest BCUT2D eigenvalue weighted by atomic mass is 10.1. The number of carbonyl (C=O) groups is 1. The summed E-state index contributed by atoms with van der Waals surface area (Å²) in [4.78, 5) is 17.0. The van der Waals surface area contributed by atoms with Gasteiger partial charge in [0, 0.05) is 16.3 Å². The molecule has 2 heterocycles. The van der Waals surface area contributed by atoms with Crippen LogP contribution in [0.1, 0.15) is 10.4 Å². The van der Waals surface area contributed by atoms with Crippen molar-refractivity contribution in [3.8, 4) is 17.2 Å². The van der Waals surface area contributed by atoms with E-state index in [-0.39, 0.29) is 5.91 Å². The van der Waals surface area contributed by atoms with Crippen molar-refractivity contribution in [2.75, 3.05) is 26.6 Å². The molecular weight excluding hydrogens is 328 g/mol. The van der Waals surface area contributed by atoms with Crippen LogP contribution in [0.2, 0.25) is 0 Å². The Bertz CT molecular complexity index is 891. The van der Waals surface area contributed by atoms with Crippen LogP contribution in [0.15, 0.2) is 35.8 Å². The second kappa shape index (κ2) is 6.76. The number of nitrogens with zero attached hydrogens (tertiary/aromatic N) is 1. The van der Waals surface area contributed by atoms with Crippen molar-refractivity contribution >= 4 is 33.1 Å². The van der Waals surface area contributed by atoms with E-state index in [2.05, 4.69) is 10.3 Å². The van der Waals surface area contributed by atoms with Crippen LogP contribution in [0, 0.1) is 0 Å². The third-order valence-electron chi connectivity index (χ3n) is 3.56. The van der Waals surface area contributed by atoms with Gasteiger partial charge in [0.1, 0.15) is 5.82 Å². The van der Waals surface area contributed by atoms with E-state index in [1.165, 1.54) is 21.3 Å². The van der Waals surface area contributed by atoms with Crippen molar-refractivity contribution in [3.05, 3.63) is 41.4 Å². The summed E-state index contributed by atoms with van der Waals surface area (Å²) in [5.41, 5.74) is 0.337. The smallest absolute Gasteiger partial charge is 0.260 e. The second-order valence-electron chi connectivity index (χ2n) is 4.83. The molecule has 0 aliphatic carbocycles. The lowest BCUT2D eigenvalue weighted by Gasteiger charge is -2.15. The van der Waals surface area contributed by atoms with Gasteiger partial charge in [-0.2, -0.15) is 0 Å². The molecule has 0 radical (unpaired) electrons. The Kier molecular flexibility index (Phi) is 4.52. The quantitative estimate of drug-likeness (QED) is 0.766. The van der Waals surface area contributed by atoms with Gasteiger partial charge in [0.2, 0.25) is 5.75 Å². The second-order valence-corrected chi connectivity index (χ2v) is 5.78. The van der Waals surface area contributed by atoms with E-state index in [0.717, 1.165) is 10.1 Å². The van der Waals surface area contributed by atoms with Crippen LogP contribution in [0.25, 0.3) is 10.1 Å². The molecule has 24 heavy (non-hydrogen) atoms. The zero-order valence-corrected chi connectivity index (χ0v) is 14.3. The molecule has 7 heteroatoms. The molecule has 2 aromatic heterocycles. The van der Waals surface area contributed by atoms with Crippen molar-refractivity contribution in [1.82, 2.24) is 4.98 Å². The first-order chi connectivity index (χ1) is 11.7. The summed E-state index contributed by atoms with van der Waals surface area (Å²) in [6.07, 6.45) is 1.67. The molecule has 0 saturated heterocycles. The number of aromatic nitrogens is 1. The molecule has 0 aliphatic rings. The number of nitrogens with one attached hydrogen (secondary N) is 1. The highest BCUT2D eigenvalue weighted by Gasteiger charge is 2.21. The van der Waals surface area contributed by atoms with Gasteiger partial charge in [-0.3, -0.25) is 4.79 Å². The molecule has 0 aliphatic heterocycles. The van der Waals surface area contributed by atoms with Crippen LogP contribution < -0.4 is 19.5 Å². The van der Waals surface area contributed by atoms with Crippen LogP contribution in [0.4, 0.5) is 5.82 Å². The topological polar surface area (TPSA) is 69.7 Å². The number of ether oxygens (including phenoxy) is 3. The average Bonchev–Trinajstić information content (AvgIpc) is 3.09. The summed E-state index contributed by atoms with van der Waals surface area (Å²) in [5.74, 6) is 1.35. The number of amides is 1. The number of carbonyl (C=O) groups excluding carboxylic acids is 1. The fourth-order valence-electron chi connectivity index (χ4n) is 2.45. The lowest BCUT2D eigenvalue weighted by Crippen LogP contribution is -2.15. The zero-order chi connectivity index (χ0) is 17.1. The highest BCUT2D eigenvalue weighted by atomic mass is 32.1. The summed E-state index contributed by atoms with van der Waals surface area (Å²) >= 11 is 1.59. The molecule has 1 amide bonds. The summed E-state index contributed by atoms with van der Waals surface area (Å²) in [6, 6.07) is 7.12. The number of fused-ring (bicyclic) bond motifs is 1. The highest BCUT2D eigenvalue weighted by molar-refractivity contribution is 7.17. The Hall–Kier alpha value is -2.80. The van der Waals surface area contributed by atoms with Crippen molar-refractivity contribution in [1.29, 1.82) is 0 Å². The Labute approximate surface area is 143 Å². The summed E-state index contributed by atoms with van der Waals surface area (Å²) in [6.45, 7) is 0. The normalized spacial score (nSPS) is 10.5. The van der Waals surface area contributed by atoms with Gasteiger partial charge in [0.15, 0.2) is 11.5 Å². The maximum Gasteiger partial charge on any atom is 0.260 e. The van der Waals surface area contributed by atoms with Gasteiger partial charge in [0.05, 0.1) is 26.9 Å². The van der Waals surface area contributed by atoms with E-state index in [1.807, 2.05) is 17.5 Å². The average molecular weight is 344 g/mol. The molecule has 0 bridgehead atoms. The molecule has 0 saturated carbocycles. The van der Waals surface area contributed by atoms with Crippen LogP contribution in [0.3, 0.4) is 0 Å². The largest absolute Gasteiger partial charge is 0.493 e. The standard InChI is InChI=1S/C17H16N2O4S/c1-21-12-5-4-11(14(22-2)15(12)23-3)17(20)19-16-10-7-9-24-13(10)6-8-18-16/h4-9H,1-3H3,(H,18,19,20). The number of methoxy groups -OCH3 is 3. The molecule has 3 rings (SSSR count). The SMILES string of the molecule is COc1ccc(C(=O)Nc2nccc3sccc23)c(OC)c1OC. The Balaban J connectivity index is 2.00. The number of anilines is 1. The van der Waals surface area contributed by atoms with Gasteiger partial charge in [-0.05, 0) is 29.6 Å². The molecule has 1 aromatic carbocycles. The predicted octanol–water partition coefficient (Wildman–Crippen LogP) is 3.57. The maximum absolute atomic E-state index is 12.7. The van der Waals surface area contributed by atoms with E-state index in [9.17, 15) is 4.79 Å². The van der Waals surface area contributed by atoms with E-state index in [0.29, 0.717) is 28.6 Å². The van der Waals surface area contributed by atoms with Crippen LogP contribution in [0.5, 0.6) is 17.2 Å². The third-order valence-corrected chi connectivity index (χ3v) is 4.44. The fraction of sp³-hybridized carbons (Fsp3) is 0.176. The molecule has 3 aromatic rings. The van der Waals surface area contributed by atoms with Gasteiger partial charge >= 0.3 is 0 Å². The first kappa shape index (κ1) is 16.1. The summed E-state index contributed by atoms with van der Waals surface area (Å²) < 4.78 is 17.0. The van der Waals surface area contributed by atoms with Crippen LogP contribution in [-0.4, -0.2) is 32.2 Å². The monoisotopic (exact) mass is 344 g/mol. The van der Waals surface area contributed by atoms with E-state index >= 15 is 0 Å². The van der Waals surface area contributed by atoms with Crippen molar-refractivity contribution in [3.63, 3.8) is 0 Å². The van der Waals surface area contributed by atoms with Gasteiger partial charge in [-0.1, -0.05) is 0 Å². The van der Waals surface area contributed by atoms with Crippen LogP contribution >= 0.6 is 11.3 Å². The molecule has 6 nitrogen and oxygen atoms in total. The predicted molar refractivity (Wildman–Crippen MR) is 93.7 cm³/mol. The number of rotatable bonds is 5. The van der Waals surface area contributed by atoms with Crippen LogP contribution in [-0.2, 0) is 0 Å². The number of benzene rings is 1. The Morgan fingerprint density at radius 3 is 2.54 bits per heavy atom. The first-order valence-corrected chi connectivity index (χ1v) is 8.00. The highest BCUT2D eigenvalue weighted by Crippen LogP contribution is 2.40. The minimum atomic E-state index is -0.334. The number of hydrogen-bond acceptors (Lipinski definition) is 6. The third kappa shape index (κ3) is 2.74. The summed E-state index contributed by atoms with van der Waals surface area (Å²) in [7, 11) is 4.50. The van der Waals surface area contributed by atoms with Gasteiger partial charge < -0.3 is 19.5 Å². The number of hydrogen-bond donors (Lipinski definition) is 1. The fourth-order valence-corrected chi connectivity index (χ4v) is 3.23. The van der Waals surface area contributed by atoms with Crippen molar-refractivity contribution in [2.45, 2.75) is 0 Å². The molecular formula is C17H16N2O4S. The maximum atomic E-state index is 12.7. The van der Waals surface area contributed by atoms with Crippen molar-refractivity contribution in [2.24, 2.45) is 0 Å². The Morgan fingerprint density at radius 1 is 1.04 bits per heavy atom. The van der Waals surface area contributed by atoms with E-state index in [1.54, 1.807) is 29.7 Å². The Morgan fingerprint density at radius 2 is 1.83 bits per heavy atom. The molecule has 0 fully saturated rings. The first-order valence-electron chi connectivity index (χ1n) is 7.12. The molecule has 0 atom stereocenters. The summed E-state index contributed by atoms with van der Waals surface area (Å²) in [5, 5.41) is 5.69. The van der Waals surface area contributed by atoms with Gasteiger partial charge in [-0.25, -0.2) is 4.98 Å². The van der Waals surface area contributed by atoms with E-state index in [4.69, 9.17) is 14.2 Å². The van der Waals surface area contributed by atoms with E-state index < -0.39 is 0 Å². The number of thiophene rings is 1. The van der Waals surface area contributed by atoms with Gasteiger partial charge in [-0.15, -0.1) is 11.3 Å². The minimum absolute atomic E-state index is 0.312. The number of pyridine rings is 1. The molecule has 1 N–H and O–H groups in total. The van der Waals surface area contributed by atoms with Crippen molar-refractivity contribution < 1.29 is 19.0 Å². The molecule has 0 unspecified atom stereocenters. The van der Waals surface area contributed by atoms with Gasteiger partial charge in [0.25, 0.3) is 5.91 Å². The minimum Gasteiger partial charge on any atom is -0.493 e. The zero-order valence-electron chi connectivity index (χ0n) is 13.5. The molecule has 0 spiro atoms.